The normalized spacial score (nSPS) is 10.7. The maximum absolute atomic E-state index is 11.3. The third kappa shape index (κ3) is 2.30. The van der Waals surface area contributed by atoms with Crippen LogP contribution >= 0.6 is 0 Å². The zero-order chi connectivity index (χ0) is 13.1. The molecule has 0 amide bonds. The largest absolute Gasteiger partial charge is 0.507 e. The Morgan fingerprint density at radius 2 is 1.89 bits per heavy atom. The topological polar surface area (TPSA) is 57.5 Å². The lowest BCUT2D eigenvalue weighted by Gasteiger charge is -2.08. The highest BCUT2D eigenvalue weighted by atomic mass is 16.3. The van der Waals surface area contributed by atoms with E-state index in [2.05, 4.69) is 0 Å². The minimum atomic E-state index is 0.152. The molecule has 0 aliphatic heterocycles. The molecule has 3 heteroatoms. The Kier molecular flexibility index (Phi) is 3.51. The predicted molar refractivity (Wildman–Crippen MR) is 70.9 cm³/mol. The van der Waals surface area contributed by atoms with Gasteiger partial charge < -0.3 is 10.2 Å². The van der Waals surface area contributed by atoms with Gasteiger partial charge in [0.1, 0.15) is 17.3 Å². The fourth-order valence-electron chi connectivity index (χ4n) is 2.02. The highest BCUT2D eigenvalue weighted by Gasteiger charge is 2.09. The molecule has 0 aromatic heterocycles. The molecule has 2 N–H and O–H groups in total. The molecule has 94 valence electrons. The van der Waals surface area contributed by atoms with Crippen LogP contribution in [0.2, 0.25) is 0 Å². The molecule has 0 fully saturated rings. The van der Waals surface area contributed by atoms with E-state index in [1.165, 1.54) is 0 Å². The smallest absolute Gasteiger partial charge is 0.132 e. The van der Waals surface area contributed by atoms with Crippen LogP contribution in [0.25, 0.3) is 10.8 Å². The van der Waals surface area contributed by atoms with Gasteiger partial charge in [0.25, 0.3) is 0 Å². The van der Waals surface area contributed by atoms with E-state index in [1.807, 2.05) is 6.92 Å². The van der Waals surface area contributed by atoms with E-state index in [0.717, 1.165) is 5.56 Å². The summed E-state index contributed by atoms with van der Waals surface area (Å²) in [6.07, 6.45) is 1.49. The zero-order valence-electron chi connectivity index (χ0n) is 10.3. The number of aryl methyl sites for hydroxylation is 1. The van der Waals surface area contributed by atoms with Crippen LogP contribution in [0.4, 0.5) is 0 Å². The summed E-state index contributed by atoms with van der Waals surface area (Å²) < 4.78 is 0. The number of carbonyl (C=O) groups excluding carboxylic acids is 1. The fraction of sp³-hybridized carbons (Fsp3) is 0.267. The van der Waals surface area contributed by atoms with Crippen LogP contribution < -0.4 is 0 Å². The number of phenolic OH excluding ortho intramolecular Hbond substituents is 2. The number of phenols is 2. The van der Waals surface area contributed by atoms with Gasteiger partial charge in [-0.25, -0.2) is 0 Å². The molecule has 0 aliphatic carbocycles. The van der Waals surface area contributed by atoms with Gasteiger partial charge in [0.05, 0.1) is 0 Å². The first-order valence-electron chi connectivity index (χ1n) is 6.07. The number of benzene rings is 2. The van der Waals surface area contributed by atoms with Crippen molar-refractivity contribution in [2.24, 2.45) is 0 Å². The summed E-state index contributed by atoms with van der Waals surface area (Å²) in [6.45, 7) is 1.83. The number of Topliss-reactive ketones (excluding diaryl/α,β-unsaturated/α-hetero) is 1. The number of ketones is 1. The molecule has 2 aromatic rings. The molecule has 0 saturated carbocycles. The third-order valence-electron chi connectivity index (χ3n) is 3.16. The SMILES string of the molecule is CCC(=O)CCc1ccc2c(O)cccc2c1O. The quantitative estimate of drug-likeness (QED) is 0.868. The Labute approximate surface area is 106 Å². The Bertz CT molecular complexity index is 588. The average molecular weight is 244 g/mol. The Balaban J connectivity index is 2.36. The maximum Gasteiger partial charge on any atom is 0.132 e. The van der Waals surface area contributed by atoms with Gasteiger partial charge in [0, 0.05) is 23.6 Å². The first-order valence-corrected chi connectivity index (χ1v) is 6.07. The first kappa shape index (κ1) is 12.4. The molecule has 0 bridgehead atoms. The molecule has 0 radical (unpaired) electrons. The molecule has 2 rings (SSSR count). The highest BCUT2D eigenvalue weighted by molar-refractivity contribution is 5.93. The predicted octanol–water partition coefficient (Wildman–Crippen LogP) is 3.16. The van der Waals surface area contributed by atoms with Crippen LogP contribution in [-0.2, 0) is 11.2 Å². The van der Waals surface area contributed by atoms with E-state index in [-0.39, 0.29) is 17.3 Å². The summed E-state index contributed by atoms with van der Waals surface area (Å²) in [6, 6.07) is 8.58. The van der Waals surface area contributed by atoms with Gasteiger partial charge in [0.2, 0.25) is 0 Å². The Morgan fingerprint density at radius 3 is 2.61 bits per heavy atom. The third-order valence-corrected chi connectivity index (χ3v) is 3.16. The van der Waals surface area contributed by atoms with Gasteiger partial charge in [-0.1, -0.05) is 31.2 Å². The average Bonchev–Trinajstić information content (AvgIpc) is 2.38. The van der Waals surface area contributed by atoms with Crippen molar-refractivity contribution in [1.82, 2.24) is 0 Å². The second-order valence-electron chi connectivity index (χ2n) is 4.34. The summed E-state index contributed by atoms with van der Waals surface area (Å²) >= 11 is 0. The lowest BCUT2D eigenvalue weighted by molar-refractivity contribution is -0.118. The number of fused-ring (bicyclic) bond motifs is 1. The molecular weight excluding hydrogens is 228 g/mol. The van der Waals surface area contributed by atoms with E-state index in [9.17, 15) is 15.0 Å². The van der Waals surface area contributed by atoms with Gasteiger partial charge >= 0.3 is 0 Å². The lowest BCUT2D eigenvalue weighted by atomic mass is 10.00. The Morgan fingerprint density at radius 1 is 1.11 bits per heavy atom. The summed E-state index contributed by atoms with van der Waals surface area (Å²) in [4.78, 5) is 11.3. The number of carbonyl (C=O) groups is 1. The van der Waals surface area contributed by atoms with Crippen molar-refractivity contribution in [2.45, 2.75) is 26.2 Å². The van der Waals surface area contributed by atoms with Gasteiger partial charge in [0.15, 0.2) is 0 Å². The summed E-state index contributed by atoms with van der Waals surface area (Å²) in [7, 11) is 0. The van der Waals surface area contributed by atoms with E-state index in [1.54, 1.807) is 30.3 Å². The minimum absolute atomic E-state index is 0.152. The fourth-order valence-corrected chi connectivity index (χ4v) is 2.02. The van der Waals surface area contributed by atoms with Crippen LogP contribution in [0.15, 0.2) is 30.3 Å². The van der Waals surface area contributed by atoms with Crippen molar-refractivity contribution in [3.63, 3.8) is 0 Å². The minimum Gasteiger partial charge on any atom is -0.507 e. The molecular formula is C15H16O3. The van der Waals surface area contributed by atoms with Crippen molar-refractivity contribution >= 4 is 16.6 Å². The van der Waals surface area contributed by atoms with Gasteiger partial charge in [-0.3, -0.25) is 4.79 Å². The summed E-state index contributed by atoms with van der Waals surface area (Å²) in [5.41, 5.74) is 0.745. The molecule has 0 saturated heterocycles. The van der Waals surface area contributed by atoms with E-state index in [0.29, 0.717) is 30.0 Å². The molecule has 0 aliphatic rings. The number of hydrogen-bond donors (Lipinski definition) is 2. The Hall–Kier alpha value is -2.03. The van der Waals surface area contributed by atoms with E-state index < -0.39 is 0 Å². The highest BCUT2D eigenvalue weighted by Crippen LogP contribution is 2.33. The van der Waals surface area contributed by atoms with Crippen LogP contribution in [0, 0.1) is 0 Å². The molecule has 3 nitrogen and oxygen atoms in total. The molecule has 18 heavy (non-hydrogen) atoms. The van der Waals surface area contributed by atoms with Crippen molar-refractivity contribution in [3.05, 3.63) is 35.9 Å². The summed E-state index contributed by atoms with van der Waals surface area (Å²) in [5, 5.41) is 21.1. The monoisotopic (exact) mass is 244 g/mol. The number of rotatable bonds is 4. The number of hydrogen-bond acceptors (Lipinski definition) is 3. The molecule has 0 unspecified atom stereocenters. The number of aromatic hydroxyl groups is 2. The van der Waals surface area contributed by atoms with E-state index >= 15 is 0 Å². The van der Waals surface area contributed by atoms with Crippen molar-refractivity contribution in [2.75, 3.05) is 0 Å². The van der Waals surface area contributed by atoms with Crippen molar-refractivity contribution in [3.8, 4) is 11.5 Å². The van der Waals surface area contributed by atoms with Crippen molar-refractivity contribution in [1.29, 1.82) is 0 Å². The van der Waals surface area contributed by atoms with Crippen LogP contribution in [0.3, 0.4) is 0 Å². The molecule has 2 aromatic carbocycles. The molecule has 0 atom stereocenters. The lowest BCUT2D eigenvalue weighted by Crippen LogP contribution is -1.98. The van der Waals surface area contributed by atoms with Gasteiger partial charge in [-0.05, 0) is 18.1 Å². The summed E-state index contributed by atoms with van der Waals surface area (Å²) in [5.74, 6) is 0.497. The second-order valence-corrected chi connectivity index (χ2v) is 4.34. The molecule has 0 heterocycles. The molecule has 0 spiro atoms. The van der Waals surface area contributed by atoms with E-state index in [4.69, 9.17) is 0 Å². The van der Waals surface area contributed by atoms with Crippen LogP contribution in [0.1, 0.15) is 25.3 Å². The van der Waals surface area contributed by atoms with Gasteiger partial charge in [-0.15, -0.1) is 0 Å². The van der Waals surface area contributed by atoms with Crippen molar-refractivity contribution < 1.29 is 15.0 Å². The zero-order valence-corrected chi connectivity index (χ0v) is 10.3. The van der Waals surface area contributed by atoms with Gasteiger partial charge in [-0.2, -0.15) is 0 Å². The maximum atomic E-state index is 11.3. The standard InChI is InChI=1S/C15H16O3/c1-2-11(16)8-6-10-7-9-12-13(15(10)18)4-3-5-14(12)17/h3-5,7,9,17-18H,2,6,8H2,1H3. The second kappa shape index (κ2) is 5.08. The van der Waals surface area contributed by atoms with Crippen LogP contribution in [-0.4, -0.2) is 16.0 Å². The van der Waals surface area contributed by atoms with Crippen LogP contribution in [0.5, 0.6) is 11.5 Å². The first-order chi connectivity index (χ1) is 8.63.